The normalized spacial score (nSPS) is 25.5. The van der Waals surface area contributed by atoms with Gasteiger partial charge in [0.25, 0.3) is 0 Å². The molecule has 3 heterocycles. The van der Waals surface area contributed by atoms with Gasteiger partial charge in [0.05, 0.1) is 4.34 Å². The molecule has 0 saturated carbocycles. The van der Waals surface area contributed by atoms with Gasteiger partial charge < -0.3 is 10.8 Å². The fraction of sp³-hybridized carbons (Fsp3) is 0.333. The van der Waals surface area contributed by atoms with Crippen molar-refractivity contribution in [2.75, 3.05) is 5.75 Å². The first-order valence-electron chi connectivity index (χ1n) is 5.89. The number of fused-ring (bicyclic) bond motifs is 1. The van der Waals surface area contributed by atoms with Gasteiger partial charge in [0.1, 0.15) is 17.1 Å². The van der Waals surface area contributed by atoms with Crippen molar-refractivity contribution in [1.82, 2.24) is 4.90 Å². The Kier molecular flexibility index (Phi) is 3.53. The molecule has 1 aromatic heterocycles. The Morgan fingerprint density at radius 1 is 1.55 bits per heavy atom. The third kappa shape index (κ3) is 2.14. The highest BCUT2D eigenvalue weighted by Crippen LogP contribution is 2.40. The van der Waals surface area contributed by atoms with Gasteiger partial charge in [0, 0.05) is 17.1 Å². The summed E-state index contributed by atoms with van der Waals surface area (Å²) in [5.74, 6) is -0.825. The molecule has 1 fully saturated rings. The SMILES string of the molecule is N[C@@H]1C(=O)N2C(C(=O)O)=C(Cc3ccc(Cl)s3)CS[C@@H]12. The molecular formula is C12H11ClN2O3S2. The lowest BCUT2D eigenvalue weighted by atomic mass is 10.0. The third-order valence-corrected chi connectivity index (χ3v) is 5.90. The Hall–Kier alpha value is -1.02. The van der Waals surface area contributed by atoms with Crippen LogP contribution in [0.25, 0.3) is 0 Å². The number of amides is 1. The zero-order valence-electron chi connectivity index (χ0n) is 10.2. The number of β-lactam (4-membered cyclic amide) rings is 1. The highest BCUT2D eigenvalue weighted by atomic mass is 35.5. The average Bonchev–Trinajstić information content (AvgIpc) is 2.82. The van der Waals surface area contributed by atoms with Gasteiger partial charge in [-0.3, -0.25) is 9.69 Å². The Morgan fingerprint density at radius 2 is 2.30 bits per heavy atom. The first-order chi connectivity index (χ1) is 9.49. The fourth-order valence-electron chi connectivity index (χ4n) is 2.37. The number of carbonyl (C=O) groups is 2. The van der Waals surface area contributed by atoms with Crippen LogP contribution in [0.2, 0.25) is 4.34 Å². The van der Waals surface area contributed by atoms with Gasteiger partial charge in [0.2, 0.25) is 5.91 Å². The summed E-state index contributed by atoms with van der Waals surface area (Å²) < 4.78 is 0.667. The van der Waals surface area contributed by atoms with Crippen molar-refractivity contribution in [3.63, 3.8) is 0 Å². The minimum atomic E-state index is -1.08. The molecule has 0 spiro atoms. The summed E-state index contributed by atoms with van der Waals surface area (Å²) in [6.45, 7) is 0. The zero-order chi connectivity index (χ0) is 14.4. The molecule has 2 aliphatic rings. The largest absolute Gasteiger partial charge is 0.477 e. The van der Waals surface area contributed by atoms with Crippen LogP contribution in [0.4, 0.5) is 0 Å². The predicted octanol–water partition coefficient (Wildman–Crippen LogP) is 1.53. The number of rotatable bonds is 3. The van der Waals surface area contributed by atoms with Crippen LogP contribution < -0.4 is 5.73 Å². The molecule has 0 unspecified atom stereocenters. The van der Waals surface area contributed by atoms with E-state index in [4.69, 9.17) is 17.3 Å². The van der Waals surface area contributed by atoms with E-state index in [1.54, 1.807) is 6.07 Å². The molecule has 0 radical (unpaired) electrons. The summed E-state index contributed by atoms with van der Waals surface area (Å²) in [5.41, 5.74) is 6.52. The highest BCUT2D eigenvalue weighted by Gasteiger charge is 2.51. The number of thiophene rings is 1. The van der Waals surface area contributed by atoms with Gasteiger partial charge in [-0.05, 0) is 17.7 Å². The number of hydrogen-bond acceptors (Lipinski definition) is 5. The second-order valence-electron chi connectivity index (χ2n) is 4.58. The van der Waals surface area contributed by atoms with E-state index in [1.165, 1.54) is 28.0 Å². The van der Waals surface area contributed by atoms with Gasteiger partial charge in [-0.15, -0.1) is 23.1 Å². The Morgan fingerprint density at radius 3 is 2.90 bits per heavy atom. The van der Waals surface area contributed by atoms with Gasteiger partial charge in [0.15, 0.2) is 0 Å². The van der Waals surface area contributed by atoms with E-state index in [2.05, 4.69) is 0 Å². The molecule has 106 valence electrons. The minimum Gasteiger partial charge on any atom is -0.477 e. The van der Waals surface area contributed by atoms with Crippen molar-refractivity contribution in [3.05, 3.63) is 32.6 Å². The number of thioether (sulfide) groups is 1. The van der Waals surface area contributed by atoms with Crippen molar-refractivity contribution >= 4 is 46.6 Å². The van der Waals surface area contributed by atoms with Crippen LogP contribution in [0.15, 0.2) is 23.4 Å². The summed E-state index contributed by atoms with van der Waals surface area (Å²) in [5, 5.41) is 9.15. The predicted molar refractivity (Wildman–Crippen MR) is 78.8 cm³/mol. The van der Waals surface area contributed by atoms with E-state index < -0.39 is 12.0 Å². The van der Waals surface area contributed by atoms with Gasteiger partial charge >= 0.3 is 5.97 Å². The van der Waals surface area contributed by atoms with Crippen LogP contribution in [0.5, 0.6) is 0 Å². The van der Waals surface area contributed by atoms with E-state index in [0.29, 0.717) is 16.5 Å². The van der Waals surface area contributed by atoms with E-state index in [9.17, 15) is 14.7 Å². The molecule has 2 aliphatic heterocycles. The maximum absolute atomic E-state index is 11.8. The van der Waals surface area contributed by atoms with Crippen molar-refractivity contribution in [1.29, 1.82) is 0 Å². The Balaban J connectivity index is 1.94. The first kappa shape index (κ1) is 13.9. The smallest absolute Gasteiger partial charge is 0.352 e. The van der Waals surface area contributed by atoms with Crippen molar-refractivity contribution in [2.24, 2.45) is 5.73 Å². The molecule has 3 N–H and O–H groups in total. The molecular weight excluding hydrogens is 320 g/mol. The lowest BCUT2D eigenvalue weighted by molar-refractivity contribution is -0.148. The lowest BCUT2D eigenvalue weighted by Crippen LogP contribution is -2.68. The number of hydrogen-bond donors (Lipinski definition) is 2. The monoisotopic (exact) mass is 330 g/mol. The highest BCUT2D eigenvalue weighted by molar-refractivity contribution is 8.00. The summed E-state index contributed by atoms with van der Waals surface area (Å²) in [6.07, 6.45) is 0.498. The fourth-order valence-corrected chi connectivity index (χ4v) is 4.80. The number of aliphatic carboxylic acids is 1. The third-order valence-electron chi connectivity index (χ3n) is 3.31. The van der Waals surface area contributed by atoms with Crippen LogP contribution >= 0.6 is 34.7 Å². The molecule has 5 nitrogen and oxygen atoms in total. The standard InChI is InChI=1S/C12H11ClN2O3S2/c13-7-2-1-6(20-7)3-5-4-19-11-8(14)10(16)15(11)9(5)12(17)18/h1-2,8,11H,3-4,14H2,(H,17,18)/t8-,11+/m1/s1. The summed E-state index contributed by atoms with van der Waals surface area (Å²) >= 11 is 8.81. The number of halogens is 1. The molecule has 0 aliphatic carbocycles. The average molecular weight is 331 g/mol. The topological polar surface area (TPSA) is 83.6 Å². The van der Waals surface area contributed by atoms with Crippen LogP contribution in [-0.2, 0) is 16.0 Å². The summed E-state index contributed by atoms with van der Waals surface area (Å²) in [7, 11) is 0. The molecule has 0 bridgehead atoms. The van der Waals surface area contributed by atoms with Crippen molar-refractivity contribution in [3.8, 4) is 0 Å². The number of carboxylic acid groups (broad SMARTS) is 1. The number of nitrogens with zero attached hydrogens (tertiary/aromatic N) is 1. The second kappa shape index (κ2) is 5.07. The zero-order valence-corrected chi connectivity index (χ0v) is 12.6. The summed E-state index contributed by atoms with van der Waals surface area (Å²) in [4.78, 5) is 25.6. The van der Waals surface area contributed by atoms with Gasteiger partial charge in [-0.1, -0.05) is 11.6 Å². The van der Waals surface area contributed by atoms with Crippen LogP contribution in [0, 0.1) is 0 Å². The molecule has 0 aromatic carbocycles. The lowest BCUT2D eigenvalue weighted by Gasteiger charge is -2.48. The van der Waals surface area contributed by atoms with Gasteiger partial charge in [-0.2, -0.15) is 0 Å². The maximum atomic E-state index is 11.8. The number of carbonyl (C=O) groups excluding carboxylic acids is 1. The van der Waals surface area contributed by atoms with Crippen LogP contribution in [0.3, 0.4) is 0 Å². The van der Waals surface area contributed by atoms with Crippen molar-refractivity contribution < 1.29 is 14.7 Å². The molecule has 20 heavy (non-hydrogen) atoms. The van der Waals surface area contributed by atoms with Gasteiger partial charge in [-0.25, -0.2) is 4.79 Å². The maximum Gasteiger partial charge on any atom is 0.352 e. The molecule has 1 aromatic rings. The number of carboxylic acids is 1. The number of nitrogens with two attached hydrogens (primary N) is 1. The quantitative estimate of drug-likeness (QED) is 0.821. The summed E-state index contributed by atoms with van der Waals surface area (Å²) in [6, 6.07) is 3.07. The van der Waals surface area contributed by atoms with Crippen LogP contribution in [0.1, 0.15) is 4.88 Å². The molecule has 1 saturated heterocycles. The van der Waals surface area contributed by atoms with E-state index in [-0.39, 0.29) is 17.0 Å². The van der Waals surface area contributed by atoms with Crippen LogP contribution in [-0.4, -0.2) is 39.1 Å². The van der Waals surface area contributed by atoms with Crippen molar-refractivity contribution in [2.45, 2.75) is 17.8 Å². The van der Waals surface area contributed by atoms with E-state index >= 15 is 0 Å². The first-order valence-corrected chi connectivity index (χ1v) is 8.13. The Bertz CT molecular complexity index is 628. The molecule has 8 heteroatoms. The minimum absolute atomic E-state index is 0.0879. The molecule has 3 rings (SSSR count). The molecule has 2 atom stereocenters. The Labute approximate surface area is 128 Å². The van der Waals surface area contributed by atoms with E-state index in [1.807, 2.05) is 6.07 Å². The van der Waals surface area contributed by atoms with E-state index in [0.717, 1.165) is 10.5 Å². The molecule has 1 amide bonds. The second-order valence-corrected chi connectivity index (χ2v) is 7.48.